The zero-order valence-corrected chi connectivity index (χ0v) is 94.0. The molecule has 8 aromatic carbocycles. The van der Waals surface area contributed by atoms with Gasteiger partial charge in [0.2, 0.25) is 0 Å². The van der Waals surface area contributed by atoms with Gasteiger partial charge in [0.05, 0.1) is 69.5 Å². The van der Waals surface area contributed by atoms with Gasteiger partial charge >= 0.3 is 0 Å². The number of aliphatic hydroxyl groups is 8. The van der Waals surface area contributed by atoms with E-state index < -0.39 is 24.4 Å². The number of allylic oxidation sites excluding steroid dienone is 4. The minimum absolute atomic E-state index is 0. The molecule has 4 atom stereocenters. The Balaban J connectivity index is 0.000000775. The first-order valence-corrected chi connectivity index (χ1v) is 45.9. The van der Waals surface area contributed by atoms with Crippen LogP contribution in [-0.4, -0.2) is 85.2 Å². The number of aliphatic hydroxyl groups excluding tert-OH is 8. The summed E-state index contributed by atoms with van der Waals surface area (Å²) in [5.74, 6) is 4.51. The van der Waals surface area contributed by atoms with E-state index in [1.807, 2.05) is 47.6 Å². The van der Waals surface area contributed by atoms with Crippen molar-refractivity contribution in [2.45, 2.75) is 277 Å². The molecular formula is C116H152Ir4N4O8-4. The van der Waals surface area contributed by atoms with Crippen LogP contribution in [-0.2, 0) is 99.7 Å². The zero-order chi connectivity index (χ0) is 95.8. The Morgan fingerprint density at radius 3 is 0.939 bits per heavy atom. The van der Waals surface area contributed by atoms with Crippen molar-refractivity contribution in [3.8, 4) is 45.0 Å². The van der Waals surface area contributed by atoms with E-state index in [0.29, 0.717) is 54.1 Å². The van der Waals surface area contributed by atoms with Gasteiger partial charge in [0, 0.05) is 114 Å². The second-order valence-electron chi connectivity index (χ2n) is 37.7. The molecule has 0 spiro atoms. The van der Waals surface area contributed by atoms with Crippen LogP contribution in [0.1, 0.15) is 241 Å². The van der Waals surface area contributed by atoms with E-state index in [2.05, 4.69) is 315 Å². The third-order valence-corrected chi connectivity index (χ3v) is 22.1. The number of benzene rings is 8. The first-order chi connectivity index (χ1) is 60.0. The van der Waals surface area contributed by atoms with Gasteiger partial charge in [-0.1, -0.05) is 284 Å². The normalized spacial score (nSPS) is 12.4. The van der Waals surface area contributed by atoms with Gasteiger partial charge < -0.3 is 40.9 Å². The van der Waals surface area contributed by atoms with E-state index in [0.717, 1.165) is 86.4 Å². The van der Waals surface area contributed by atoms with Crippen molar-refractivity contribution in [2.24, 2.45) is 41.4 Å². The van der Waals surface area contributed by atoms with Crippen LogP contribution < -0.4 is 0 Å². The third kappa shape index (κ3) is 40.9. The Morgan fingerprint density at radius 2 is 0.667 bits per heavy atom. The van der Waals surface area contributed by atoms with Crippen molar-refractivity contribution >= 4 is 43.6 Å². The van der Waals surface area contributed by atoms with Gasteiger partial charge in [0.15, 0.2) is 0 Å². The van der Waals surface area contributed by atoms with Gasteiger partial charge in [-0.3, -0.25) is 19.9 Å². The van der Waals surface area contributed by atoms with E-state index in [-0.39, 0.29) is 110 Å². The van der Waals surface area contributed by atoms with Gasteiger partial charge in [0.25, 0.3) is 0 Å². The van der Waals surface area contributed by atoms with Crippen LogP contribution in [0.15, 0.2) is 199 Å². The standard InChI is InChI=1S/3C22H24N.C20H20N.C11H22O2.C9H18O2.2C5H10O2.4Ir/c3*1-14(2)11-18-7-6-8-22-20(18)9-10-21(23-22)19-12-15(3)17(5)16(4)13-19;1-13(2)17-6-5-7-20-18(17)10-11-19(21-20)16-9-8-14(3)15(4)12-16;1-8(2)5-10(12)7-11(13)6-9(3)4;1-6(2)8(10)5-9(11)7(3)4;2*1-4(6)3-5(2)7;;;;/h3*6-10,12,14H,11H2,1-5H3;5-8,10-13H,1-4H3;7-10,12-13H,5-6H2,1-4H3;5-8,10-11H,1-4H3;2*3-4,6-7H,1-2H3;;;;/q4*-1;;;;;;;;. The Bertz CT molecular complexity index is 5250. The molecule has 12 rings (SSSR count). The predicted molar refractivity (Wildman–Crippen MR) is 544 cm³/mol. The molecule has 0 saturated carbocycles. The fraction of sp³-hybridized carbons (Fsp3) is 0.414. The summed E-state index contributed by atoms with van der Waals surface area (Å²) in [4.78, 5) is 19.5. The van der Waals surface area contributed by atoms with Crippen LogP contribution >= 0.6 is 0 Å². The monoisotopic (exact) mass is 2500 g/mol. The third-order valence-electron chi connectivity index (χ3n) is 22.1. The Kier molecular flexibility index (Phi) is 55.3. The SMILES string of the molecule is CC(C)C(O)=CC(O)C(C)C.CC(C)CC(O)=CC(O)CC(C)C.CC(O)=CC(C)O.CC(O)=CC(C)O.Cc1[c-]c(-c2ccc3c(CC(C)C)cccc3n2)cc(C)c1C.Cc1[c-]c(-c2ccc3c(CC(C)C)cccc3n2)cc(C)c1C.Cc1[c-]c(-c2ccc3c(CC(C)C)cccc3n2)cc(C)c1C.Cc1c[c-]c(-c2ccc3c(C(C)C)cccc3n2)cc1C.[Ir].[Ir].[Ir].[Ir]. The van der Waals surface area contributed by atoms with E-state index in [9.17, 15) is 20.4 Å². The molecule has 12 nitrogen and oxygen atoms in total. The number of aryl methyl sites for hydroxylation is 8. The van der Waals surface area contributed by atoms with E-state index in [1.165, 1.54) is 137 Å². The molecule has 0 saturated heterocycles. The Hall–Kier alpha value is -8.00. The number of pyridine rings is 4. The molecule has 16 heteroatoms. The first kappa shape index (κ1) is 122. The van der Waals surface area contributed by atoms with Crippen LogP contribution in [0.25, 0.3) is 88.6 Å². The molecule has 0 amide bonds. The average molecular weight is 2500 g/mol. The summed E-state index contributed by atoms with van der Waals surface area (Å²) in [6.45, 7) is 63.5. The quantitative estimate of drug-likeness (QED) is 0.0249. The van der Waals surface area contributed by atoms with Crippen molar-refractivity contribution in [1.29, 1.82) is 0 Å². The molecule has 4 aromatic heterocycles. The largest absolute Gasteiger partial charge is 0.513 e. The summed E-state index contributed by atoms with van der Waals surface area (Å²) in [6.07, 6.45) is 8.31. The van der Waals surface area contributed by atoms with E-state index in [4.69, 9.17) is 40.4 Å². The second-order valence-corrected chi connectivity index (χ2v) is 37.7. The van der Waals surface area contributed by atoms with Crippen LogP contribution in [0, 0.1) is 142 Å². The summed E-state index contributed by atoms with van der Waals surface area (Å²) in [7, 11) is 0. The average Bonchev–Trinajstić information content (AvgIpc) is 0.806. The molecule has 4 unspecified atom stereocenters. The van der Waals surface area contributed by atoms with Gasteiger partial charge in [-0.15, -0.1) is 138 Å². The summed E-state index contributed by atoms with van der Waals surface area (Å²) in [5.41, 5.74) is 32.1. The molecule has 0 fully saturated rings. The fourth-order valence-corrected chi connectivity index (χ4v) is 14.4. The number of rotatable bonds is 21. The van der Waals surface area contributed by atoms with Gasteiger partial charge in [-0.05, 0) is 188 Å². The van der Waals surface area contributed by atoms with Crippen molar-refractivity contribution in [3.63, 3.8) is 0 Å². The molecule has 0 aliphatic carbocycles. The number of hydrogen-bond donors (Lipinski definition) is 8. The summed E-state index contributed by atoms with van der Waals surface area (Å²) < 4.78 is 0. The molecule has 4 radical (unpaired) electrons. The van der Waals surface area contributed by atoms with E-state index in [1.54, 1.807) is 19.9 Å². The number of hydrogen-bond acceptors (Lipinski definition) is 12. The van der Waals surface area contributed by atoms with Crippen molar-refractivity contribution in [2.75, 3.05) is 0 Å². The van der Waals surface area contributed by atoms with Crippen LogP contribution in [0.3, 0.4) is 0 Å². The van der Waals surface area contributed by atoms with Crippen molar-refractivity contribution < 1.29 is 121 Å². The van der Waals surface area contributed by atoms with Crippen molar-refractivity contribution in [3.05, 3.63) is 307 Å². The maximum absolute atomic E-state index is 9.47. The zero-order valence-electron chi connectivity index (χ0n) is 84.4. The predicted octanol–water partition coefficient (Wildman–Crippen LogP) is 29.6. The Morgan fingerprint density at radius 1 is 0.348 bits per heavy atom. The van der Waals surface area contributed by atoms with Gasteiger partial charge in [-0.25, -0.2) is 0 Å². The summed E-state index contributed by atoms with van der Waals surface area (Å²) in [5, 5.41) is 76.3. The molecule has 0 aliphatic heterocycles. The molecule has 4 heterocycles. The molecule has 0 aliphatic rings. The van der Waals surface area contributed by atoms with Crippen LogP contribution in [0.4, 0.5) is 0 Å². The molecule has 132 heavy (non-hydrogen) atoms. The molecule has 12 aromatic rings. The van der Waals surface area contributed by atoms with Gasteiger partial charge in [-0.2, -0.15) is 0 Å². The van der Waals surface area contributed by atoms with Crippen molar-refractivity contribution in [1.82, 2.24) is 19.9 Å². The minimum atomic E-state index is -0.537. The minimum Gasteiger partial charge on any atom is -0.513 e. The maximum Gasteiger partial charge on any atom is 0.0933 e. The molecule has 8 N–H and O–H groups in total. The topological polar surface area (TPSA) is 213 Å². The smallest absolute Gasteiger partial charge is 0.0933 e. The Labute approximate surface area is 847 Å². The van der Waals surface area contributed by atoms with E-state index >= 15 is 0 Å². The number of nitrogens with zero attached hydrogens (tertiary/aromatic N) is 4. The maximum atomic E-state index is 9.47. The van der Waals surface area contributed by atoms with Crippen LogP contribution in [0.5, 0.6) is 0 Å². The summed E-state index contributed by atoms with van der Waals surface area (Å²) in [6, 6.07) is 67.6. The number of fused-ring (bicyclic) bond motifs is 4. The molecule has 0 bridgehead atoms. The number of aromatic nitrogens is 4. The summed E-state index contributed by atoms with van der Waals surface area (Å²) >= 11 is 0. The van der Waals surface area contributed by atoms with Crippen LogP contribution in [0.2, 0.25) is 0 Å². The second kappa shape index (κ2) is 59.8. The fourth-order valence-electron chi connectivity index (χ4n) is 14.4. The van der Waals surface area contributed by atoms with Gasteiger partial charge in [0.1, 0.15) is 0 Å². The molecule has 724 valence electrons. The molecular weight excluding hydrogens is 2350 g/mol. The first-order valence-electron chi connectivity index (χ1n) is 45.9.